The van der Waals surface area contributed by atoms with Crippen molar-refractivity contribution in [2.45, 2.75) is 0 Å². The minimum absolute atomic E-state index is 0.151. The monoisotopic (exact) mass is 434 g/mol. The van der Waals surface area contributed by atoms with Crippen LogP contribution in [0.4, 0.5) is 0 Å². The van der Waals surface area contributed by atoms with Crippen molar-refractivity contribution in [1.29, 1.82) is 0 Å². The first kappa shape index (κ1) is 25.8. The molecule has 1 fully saturated rings. The SMILES string of the molecule is C[N+]1(CC(=O)O)CCN(CC(=O)O)CCN(CC(=O)O)CC[N+](C)(CC(=O)O)CC1. The number of nitrogens with zero attached hydrogens (tertiary/aromatic N) is 4. The lowest BCUT2D eigenvalue weighted by atomic mass is 10.2. The second kappa shape index (κ2) is 11.2. The van der Waals surface area contributed by atoms with Gasteiger partial charge in [0.15, 0.2) is 13.1 Å². The van der Waals surface area contributed by atoms with E-state index in [2.05, 4.69) is 0 Å². The van der Waals surface area contributed by atoms with E-state index in [-0.39, 0.29) is 35.1 Å². The Hall–Kier alpha value is -2.28. The zero-order valence-electron chi connectivity index (χ0n) is 17.7. The molecule has 2 unspecified atom stereocenters. The fourth-order valence-corrected chi connectivity index (χ4v) is 3.65. The summed E-state index contributed by atoms with van der Waals surface area (Å²) in [7, 11) is 3.56. The molecule has 0 aromatic rings. The number of carboxylic acids is 4. The second-order valence-electron chi connectivity index (χ2n) is 8.58. The summed E-state index contributed by atoms with van der Waals surface area (Å²) in [6.45, 7) is 2.10. The number of hydrogen-bond donors (Lipinski definition) is 4. The molecule has 0 radical (unpaired) electrons. The van der Waals surface area contributed by atoms with Gasteiger partial charge in [0.2, 0.25) is 0 Å². The van der Waals surface area contributed by atoms with Gasteiger partial charge in [-0.15, -0.1) is 0 Å². The minimum atomic E-state index is -1.01. The predicted molar refractivity (Wildman–Crippen MR) is 105 cm³/mol. The van der Waals surface area contributed by atoms with Crippen molar-refractivity contribution < 1.29 is 48.6 Å². The maximum absolute atomic E-state index is 11.4. The van der Waals surface area contributed by atoms with E-state index >= 15 is 0 Å². The first-order valence-electron chi connectivity index (χ1n) is 9.81. The quantitative estimate of drug-likeness (QED) is 0.310. The van der Waals surface area contributed by atoms with E-state index < -0.39 is 23.9 Å². The molecule has 0 saturated carbocycles. The number of carboxylic acid groups (broad SMARTS) is 4. The minimum Gasteiger partial charge on any atom is -0.480 e. The first-order valence-corrected chi connectivity index (χ1v) is 9.81. The zero-order valence-corrected chi connectivity index (χ0v) is 17.7. The Balaban J connectivity index is 3.12. The molecule has 0 bridgehead atoms. The van der Waals surface area contributed by atoms with Crippen LogP contribution < -0.4 is 0 Å². The molecule has 0 spiro atoms. The number of quaternary nitrogens is 2. The summed E-state index contributed by atoms with van der Waals surface area (Å²) in [4.78, 5) is 48.6. The van der Waals surface area contributed by atoms with Gasteiger partial charge in [0, 0.05) is 26.2 Å². The molecule has 0 aliphatic carbocycles. The lowest BCUT2D eigenvalue weighted by molar-refractivity contribution is -0.956. The zero-order chi connectivity index (χ0) is 22.9. The van der Waals surface area contributed by atoms with Crippen molar-refractivity contribution in [3.8, 4) is 0 Å². The van der Waals surface area contributed by atoms with Gasteiger partial charge >= 0.3 is 23.9 Å². The van der Waals surface area contributed by atoms with Crippen LogP contribution in [0, 0.1) is 0 Å². The topological polar surface area (TPSA) is 156 Å². The summed E-state index contributed by atoms with van der Waals surface area (Å²) >= 11 is 0. The highest BCUT2D eigenvalue weighted by Gasteiger charge is 2.34. The Morgan fingerprint density at radius 3 is 1.20 bits per heavy atom. The summed E-state index contributed by atoms with van der Waals surface area (Å²) in [5, 5.41) is 37.1. The van der Waals surface area contributed by atoms with Gasteiger partial charge in [0.05, 0.1) is 40.3 Å². The van der Waals surface area contributed by atoms with Crippen molar-refractivity contribution in [2.24, 2.45) is 0 Å². The number of rotatable bonds is 8. The summed E-state index contributed by atoms with van der Waals surface area (Å²) in [5.74, 6) is -3.97. The Bertz CT molecular complexity index is 592. The molecule has 0 amide bonds. The Labute approximate surface area is 175 Å². The molecule has 1 aliphatic rings. The van der Waals surface area contributed by atoms with Crippen LogP contribution >= 0.6 is 0 Å². The number of hydrogen-bond acceptors (Lipinski definition) is 6. The van der Waals surface area contributed by atoms with Crippen molar-refractivity contribution >= 4 is 23.9 Å². The van der Waals surface area contributed by atoms with Crippen LogP contribution in [0.15, 0.2) is 0 Å². The van der Waals surface area contributed by atoms with E-state index in [1.165, 1.54) is 0 Å². The Morgan fingerprint density at radius 1 is 0.600 bits per heavy atom. The molecule has 1 aliphatic heterocycles. The third kappa shape index (κ3) is 9.96. The standard InChI is InChI=1S/C18H32N4O8/c1-21(13-17(27)28)7-5-19(11-15(23)24)3-4-20(12-16(25)26)6-8-22(2,10-9-21)14-18(29)30/h3-14H2,1-2H3,(H2-2,23,24,25,26,27,28,29,30)/p+2. The molecule has 1 saturated heterocycles. The molecule has 0 aromatic carbocycles. The molecule has 30 heavy (non-hydrogen) atoms. The number of carbonyl (C=O) groups is 4. The van der Waals surface area contributed by atoms with Crippen LogP contribution in [0.1, 0.15) is 0 Å². The van der Waals surface area contributed by atoms with Crippen molar-refractivity contribution in [1.82, 2.24) is 9.80 Å². The van der Waals surface area contributed by atoms with Gasteiger partial charge in [-0.1, -0.05) is 0 Å². The lowest BCUT2D eigenvalue weighted by Crippen LogP contribution is -2.61. The summed E-state index contributed by atoms with van der Waals surface area (Å²) in [6, 6.07) is 0. The third-order valence-electron chi connectivity index (χ3n) is 5.58. The fraction of sp³-hybridized carbons (Fsp3) is 0.778. The summed E-state index contributed by atoms with van der Waals surface area (Å²) < 4.78 is 0.301. The van der Waals surface area contributed by atoms with Crippen LogP contribution in [0.5, 0.6) is 0 Å². The third-order valence-corrected chi connectivity index (χ3v) is 5.58. The molecule has 1 rings (SSSR count). The maximum Gasteiger partial charge on any atom is 0.359 e. The van der Waals surface area contributed by atoms with Crippen LogP contribution in [-0.2, 0) is 19.2 Å². The van der Waals surface area contributed by atoms with Crippen molar-refractivity contribution in [2.75, 3.05) is 92.6 Å². The lowest BCUT2D eigenvalue weighted by Gasteiger charge is -2.41. The van der Waals surface area contributed by atoms with Gasteiger partial charge in [-0.2, -0.15) is 0 Å². The molecule has 12 heteroatoms. The van der Waals surface area contributed by atoms with Crippen molar-refractivity contribution in [3.63, 3.8) is 0 Å². The smallest absolute Gasteiger partial charge is 0.359 e. The van der Waals surface area contributed by atoms with Crippen LogP contribution in [0.2, 0.25) is 0 Å². The fourth-order valence-electron chi connectivity index (χ4n) is 3.65. The Kier molecular flexibility index (Phi) is 9.62. The first-order chi connectivity index (χ1) is 13.8. The van der Waals surface area contributed by atoms with Gasteiger partial charge in [0.1, 0.15) is 13.1 Å². The second-order valence-corrected chi connectivity index (χ2v) is 8.58. The molecular weight excluding hydrogens is 400 g/mol. The molecule has 12 nitrogen and oxygen atoms in total. The average Bonchev–Trinajstić information content (AvgIpc) is 2.57. The summed E-state index contributed by atoms with van der Waals surface area (Å²) in [5.41, 5.74) is 0. The molecular formula is C18H34N4O8+2. The number of likely N-dealkylation sites (N-methyl/N-ethyl adjacent to an activating group) is 2. The number of aliphatic carboxylic acids is 4. The highest BCUT2D eigenvalue weighted by atomic mass is 16.4. The van der Waals surface area contributed by atoms with Crippen LogP contribution in [-0.4, -0.2) is 156 Å². The van der Waals surface area contributed by atoms with Gasteiger partial charge in [0.25, 0.3) is 0 Å². The van der Waals surface area contributed by atoms with E-state index in [1.807, 2.05) is 0 Å². The van der Waals surface area contributed by atoms with Gasteiger partial charge < -0.3 is 29.4 Å². The highest BCUT2D eigenvalue weighted by molar-refractivity contribution is 5.69. The highest BCUT2D eigenvalue weighted by Crippen LogP contribution is 2.11. The van der Waals surface area contributed by atoms with Gasteiger partial charge in [-0.05, 0) is 0 Å². The van der Waals surface area contributed by atoms with Gasteiger partial charge in [-0.25, -0.2) is 9.59 Å². The summed E-state index contributed by atoms with van der Waals surface area (Å²) in [6.07, 6.45) is 0. The van der Waals surface area contributed by atoms with Crippen molar-refractivity contribution in [3.05, 3.63) is 0 Å². The van der Waals surface area contributed by atoms with Gasteiger partial charge in [-0.3, -0.25) is 19.4 Å². The van der Waals surface area contributed by atoms with Crippen LogP contribution in [0.25, 0.3) is 0 Å². The normalized spacial score (nSPS) is 27.5. The van der Waals surface area contributed by atoms with E-state index in [4.69, 9.17) is 0 Å². The van der Waals surface area contributed by atoms with E-state index in [9.17, 15) is 39.6 Å². The predicted octanol–water partition coefficient (Wildman–Crippen LogP) is -2.16. The molecule has 1 heterocycles. The van der Waals surface area contributed by atoms with E-state index in [0.29, 0.717) is 52.4 Å². The van der Waals surface area contributed by atoms with E-state index in [0.717, 1.165) is 0 Å². The maximum atomic E-state index is 11.4. The van der Waals surface area contributed by atoms with Crippen LogP contribution in [0.3, 0.4) is 0 Å². The largest absolute Gasteiger partial charge is 0.480 e. The molecule has 2 atom stereocenters. The molecule has 4 N–H and O–H groups in total. The molecule has 172 valence electrons. The average molecular weight is 434 g/mol. The van der Waals surface area contributed by atoms with E-state index in [1.54, 1.807) is 23.9 Å². The molecule has 0 aromatic heterocycles. The Morgan fingerprint density at radius 2 is 0.933 bits per heavy atom.